The highest BCUT2D eigenvalue weighted by molar-refractivity contribution is 5.76. The molecular weight excluding hydrogens is 249 g/mol. The van der Waals surface area contributed by atoms with Crippen LogP contribution in [-0.2, 0) is 4.79 Å². The number of hydrogen-bond donors (Lipinski definition) is 2. The molecule has 0 aromatic heterocycles. The molecular formula is C14H18FNO3. The summed E-state index contributed by atoms with van der Waals surface area (Å²) in [5.41, 5.74) is 0.235. The Morgan fingerprint density at radius 1 is 1.58 bits per heavy atom. The van der Waals surface area contributed by atoms with Crippen LogP contribution in [0.1, 0.15) is 37.9 Å². The van der Waals surface area contributed by atoms with Crippen molar-refractivity contribution in [3.63, 3.8) is 0 Å². The van der Waals surface area contributed by atoms with Crippen LogP contribution in [-0.4, -0.2) is 23.7 Å². The normalized spacial score (nSPS) is 15.9. The summed E-state index contributed by atoms with van der Waals surface area (Å²) in [4.78, 5) is 11.4. The zero-order valence-electron chi connectivity index (χ0n) is 10.9. The number of aliphatic hydroxyl groups is 1. The molecule has 104 valence electrons. The van der Waals surface area contributed by atoms with Gasteiger partial charge in [-0.15, -0.1) is 0 Å². The fraction of sp³-hybridized carbons (Fsp3) is 0.500. The van der Waals surface area contributed by atoms with Crippen molar-refractivity contribution in [2.75, 3.05) is 6.61 Å². The van der Waals surface area contributed by atoms with Gasteiger partial charge in [0.2, 0.25) is 5.91 Å². The number of ether oxygens (including phenoxy) is 1. The fourth-order valence-corrected chi connectivity index (χ4v) is 1.73. The van der Waals surface area contributed by atoms with Crippen molar-refractivity contribution in [2.24, 2.45) is 0 Å². The van der Waals surface area contributed by atoms with E-state index in [2.05, 4.69) is 5.32 Å². The first-order valence-corrected chi connectivity index (χ1v) is 6.46. The summed E-state index contributed by atoms with van der Waals surface area (Å²) in [7, 11) is 0. The number of amides is 1. The monoisotopic (exact) mass is 267 g/mol. The molecule has 1 aliphatic carbocycles. The molecule has 2 N–H and O–H groups in total. The number of benzene rings is 1. The minimum Gasteiger partial charge on any atom is -0.493 e. The molecule has 0 spiro atoms. The van der Waals surface area contributed by atoms with Gasteiger partial charge in [-0.2, -0.15) is 0 Å². The van der Waals surface area contributed by atoms with Gasteiger partial charge >= 0.3 is 0 Å². The second-order valence-electron chi connectivity index (χ2n) is 4.80. The summed E-state index contributed by atoms with van der Waals surface area (Å²) in [6.45, 7) is 1.72. The maximum atomic E-state index is 13.5. The molecule has 4 nitrogen and oxygen atoms in total. The lowest BCUT2D eigenvalue weighted by molar-refractivity contribution is -0.121. The highest BCUT2D eigenvalue weighted by atomic mass is 19.1. The molecule has 1 aromatic carbocycles. The van der Waals surface area contributed by atoms with Crippen LogP contribution in [0.5, 0.6) is 5.75 Å². The molecule has 5 heteroatoms. The average Bonchev–Trinajstić information content (AvgIpc) is 3.12. The number of nitrogens with one attached hydrogen (secondary N) is 1. The second-order valence-corrected chi connectivity index (χ2v) is 4.80. The van der Waals surface area contributed by atoms with Crippen LogP contribution < -0.4 is 10.1 Å². The van der Waals surface area contributed by atoms with E-state index in [-0.39, 0.29) is 24.5 Å². The second kappa shape index (κ2) is 6.02. The zero-order valence-corrected chi connectivity index (χ0v) is 10.9. The zero-order chi connectivity index (χ0) is 13.8. The van der Waals surface area contributed by atoms with E-state index in [1.807, 2.05) is 0 Å². The van der Waals surface area contributed by atoms with Crippen molar-refractivity contribution in [3.8, 4) is 5.75 Å². The Hall–Kier alpha value is -1.62. The molecule has 0 heterocycles. The van der Waals surface area contributed by atoms with Crippen LogP contribution in [0.4, 0.5) is 4.39 Å². The number of carbonyl (C=O) groups excluding carboxylic acids is 1. The van der Waals surface area contributed by atoms with Crippen molar-refractivity contribution in [1.29, 1.82) is 0 Å². The van der Waals surface area contributed by atoms with Gasteiger partial charge in [-0.25, -0.2) is 4.39 Å². The molecule has 1 atom stereocenters. The standard InChI is InChI=1S/C14H18FNO3/c1-9(17)12-5-4-11(8-13(12)15)19-7-6-14(18)16-10-2-3-10/h4-5,8-10,17H,2-3,6-7H2,1H3,(H,16,18)/t9-/m1/s1. The predicted octanol–water partition coefficient (Wildman–Crippen LogP) is 1.93. The highest BCUT2D eigenvalue weighted by Gasteiger charge is 2.22. The molecule has 1 fully saturated rings. The molecule has 2 rings (SSSR count). The van der Waals surface area contributed by atoms with E-state index in [9.17, 15) is 14.3 Å². The first kappa shape index (κ1) is 13.8. The molecule has 1 aromatic rings. The Labute approximate surface area is 111 Å². The lowest BCUT2D eigenvalue weighted by Crippen LogP contribution is -2.26. The van der Waals surface area contributed by atoms with Gasteiger partial charge in [0.1, 0.15) is 11.6 Å². The lowest BCUT2D eigenvalue weighted by Gasteiger charge is -2.10. The molecule has 1 aliphatic rings. The summed E-state index contributed by atoms with van der Waals surface area (Å²) >= 11 is 0. The first-order chi connectivity index (χ1) is 9.06. The average molecular weight is 267 g/mol. The summed E-state index contributed by atoms with van der Waals surface area (Å²) in [5.74, 6) is -0.181. The van der Waals surface area contributed by atoms with Crippen LogP contribution in [0.25, 0.3) is 0 Å². The number of rotatable bonds is 6. The van der Waals surface area contributed by atoms with E-state index in [0.717, 1.165) is 12.8 Å². The van der Waals surface area contributed by atoms with Gasteiger partial charge < -0.3 is 15.2 Å². The van der Waals surface area contributed by atoms with Gasteiger partial charge in [-0.3, -0.25) is 4.79 Å². The van der Waals surface area contributed by atoms with Gasteiger partial charge in [-0.1, -0.05) is 0 Å². The molecule has 19 heavy (non-hydrogen) atoms. The predicted molar refractivity (Wildman–Crippen MR) is 68.3 cm³/mol. The van der Waals surface area contributed by atoms with E-state index in [1.165, 1.54) is 19.1 Å². The number of halogens is 1. The quantitative estimate of drug-likeness (QED) is 0.828. The third kappa shape index (κ3) is 4.21. The van der Waals surface area contributed by atoms with E-state index in [0.29, 0.717) is 11.8 Å². The smallest absolute Gasteiger partial charge is 0.223 e. The molecule has 0 saturated heterocycles. The third-order valence-corrected chi connectivity index (χ3v) is 2.96. The maximum Gasteiger partial charge on any atom is 0.223 e. The molecule has 0 bridgehead atoms. The van der Waals surface area contributed by atoms with Gasteiger partial charge in [-0.05, 0) is 31.9 Å². The first-order valence-electron chi connectivity index (χ1n) is 6.46. The van der Waals surface area contributed by atoms with Gasteiger partial charge in [0.15, 0.2) is 0 Å². The van der Waals surface area contributed by atoms with Gasteiger partial charge in [0, 0.05) is 17.7 Å². The van der Waals surface area contributed by atoms with Crippen molar-refractivity contribution in [2.45, 2.75) is 38.3 Å². The molecule has 0 unspecified atom stereocenters. The highest BCUT2D eigenvalue weighted by Crippen LogP contribution is 2.22. The van der Waals surface area contributed by atoms with Gasteiger partial charge in [0.05, 0.1) is 19.1 Å². The maximum absolute atomic E-state index is 13.5. The Kier molecular flexibility index (Phi) is 4.37. The van der Waals surface area contributed by atoms with E-state index >= 15 is 0 Å². The molecule has 1 amide bonds. The number of carbonyl (C=O) groups is 1. The summed E-state index contributed by atoms with van der Waals surface area (Å²) in [5, 5.41) is 12.1. The summed E-state index contributed by atoms with van der Waals surface area (Å²) in [6, 6.07) is 4.64. The van der Waals surface area contributed by atoms with Crippen molar-refractivity contribution >= 4 is 5.91 Å². The summed E-state index contributed by atoms with van der Waals surface area (Å²) < 4.78 is 18.9. The SMILES string of the molecule is C[C@@H](O)c1ccc(OCCC(=O)NC2CC2)cc1F. The number of hydrogen-bond acceptors (Lipinski definition) is 3. The number of aliphatic hydroxyl groups excluding tert-OH is 1. The topological polar surface area (TPSA) is 58.6 Å². The van der Waals surface area contributed by atoms with Gasteiger partial charge in [0.25, 0.3) is 0 Å². The van der Waals surface area contributed by atoms with Crippen molar-refractivity contribution in [1.82, 2.24) is 5.32 Å². The van der Waals surface area contributed by atoms with Crippen molar-refractivity contribution < 1.29 is 19.0 Å². The van der Waals surface area contributed by atoms with E-state index < -0.39 is 11.9 Å². The fourth-order valence-electron chi connectivity index (χ4n) is 1.73. The Bertz CT molecular complexity index is 458. The third-order valence-electron chi connectivity index (χ3n) is 2.96. The molecule has 1 saturated carbocycles. The van der Waals surface area contributed by atoms with E-state index in [1.54, 1.807) is 6.07 Å². The summed E-state index contributed by atoms with van der Waals surface area (Å²) in [6.07, 6.45) is 1.52. The van der Waals surface area contributed by atoms with Crippen LogP contribution in [0, 0.1) is 5.82 Å². The molecule has 0 radical (unpaired) electrons. The van der Waals surface area contributed by atoms with Crippen LogP contribution in [0.3, 0.4) is 0 Å². The van der Waals surface area contributed by atoms with Crippen LogP contribution in [0.2, 0.25) is 0 Å². The van der Waals surface area contributed by atoms with Crippen LogP contribution >= 0.6 is 0 Å². The minimum absolute atomic E-state index is 0.0384. The lowest BCUT2D eigenvalue weighted by atomic mass is 10.1. The Morgan fingerprint density at radius 3 is 2.89 bits per heavy atom. The molecule has 0 aliphatic heterocycles. The Balaban J connectivity index is 1.79. The largest absolute Gasteiger partial charge is 0.493 e. The minimum atomic E-state index is -0.849. The van der Waals surface area contributed by atoms with Crippen LogP contribution in [0.15, 0.2) is 18.2 Å². The van der Waals surface area contributed by atoms with Crippen molar-refractivity contribution in [3.05, 3.63) is 29.6 Å². The Morgan fingerprint density at radius 2 is 2.32 bits per heavy atom. The van der Waals surface area contributed by atoms with E-state index in [4.69, 9.17) is 4.74 Å².